The summed E-state index contributed by atoms with van der Waals surface area (Å²) in [5.74, 6) is -2.27. The Morgan fingerprint density at radius 2 is 1.88 bits per heavy atom. The van der Waals surface area contributed by atoms with Crippen molar-refractivity contribution < 1.29 is 29.0 Å². The van der Waals surface area contributed by atoms with Gasteiger partial charge in [-0.2, -0.15) is 0 Å². The second-order valence-corrected chi connectivity index (χ2v) is 7.93. The van der Waals surface area contributed by atoms with Crippen LogP contribution in [0.3, 0.4) is 0 Å². The molecule has 1 saturated carbocycles. The van der Waals surface area contributed by atoms with Crippen LogP contribution >= 0.6 is 0 Å². The van der Waals surface area contributed by atoms with Crippen LogP contribution in [0.5, 0.6) is 0 Å². The van der Waals surface area contributed by atoms with Crippen LogP contribution < -0.4 is 0 Å². The highest BCUT2D eigenvalue weighted by Crippen LogP contribution is 2.56. The van der Waals surface area contributed by atoms with Crippen molar-refractivity contribution in [1.29, 1.82) is 0 Å². The van der Waals surface area contributed by atoms with E-state index in [1.165, 1.54) is 6.08 Å². The third kappa shape index (κ3) is 2.09. The van der Waals surface area contributed by atoms with Gasteiger partial charge in [0, 0.05) is 18.3 Å². The molecule has 1 spiro atoms. The van der Waals surface area contributed by atoms with Gasteiger partial charge in [-0.05, 0) is 18.4 Å². The smallest absolute Gasteiger partial charge is 0.346 e. The zero-order valence-electron chi connectivity index (χ0n) is 14.5. The van der Waals surface area contributed by atoms with Crippen LogP contribution in [0.2, 0.25) is 0 Å². The fourth-order valence-electron chi connectivity index (χ4n) is 4.79. The highest BCUT2D eigenvalue weighted by atomic mass is 16.6. The largest absolute Gasteiger partial charge is 0.486 e. The molecule has 2 aliphatic carbocycles. The molecule has 1 N–H and O–H groups in total. The quantitative estimate of drug-likeness (QED) is 0.526. The molecular formula is C19H22O6. The number of Topliss-reactive ketones (excluding diaryl/α,β-unsaturated/α-hetero) is 1. The van der Waals surface area contributed by atoms with Crippen LogP contribution in [0.1, 0.15) is 33.6 Å². The lowest BCUT2D eigenvalue weighted by atomic mass is 9.64. The zero-order chi connectivity index (χ0) is 18.1. The number of allylic oxidation sites excluding steroid dienone is 1. The zero-order valence-corrected chi connectivity index (χ0v) is 14.5. The van der Waals surface area contributed by atoms with Gasteiger partial charge in [0.2, 0.25) is 0 Å². The molecule has 2 unspecified atom stereocenters. The number of hydrogen-bond donors (Lipinski definition) is 1. The van der Waals surface area contributed by atoms with E-state index in [9.17, 15) is 19.5 Å². The summed E-state index contributed by atoms with van der Waals surface area (Å²) in [5, 5.41) is 10.7. The summed E-state index contributed by atoms with van der Waals surface area (Å²) in [6.07, 6.45) is 2.51. The Morgan fingerprint density at radius 3 is 2.60 bits per heavy atom. The van der Waals surface area contributed by atoms with E-state index in [0.29, 0.717) is 12.8 Å². The average Bonchev–Trinajstić information content (AvgIpc) is 2.83. The molecule has 3 fully saturated rings. The van der Waals surface area contributed by atoms with Crippen molar-refractivity contribution in [2.24, 2.45) is 23.7 Å². The SMILES string of the molecule is C[C@@H]1C[C@H](C)C(=O)/C=C/C2[C@@H](O)C3OC4=C(C(=O)O[C@@]42C[C@H]3C)C1=O. The summed E-state index contributed by atoms with van der Waals surface area (Å²) in [6, 6.07) is 0. The first-order chi connectivity index (χ1) is 11.8. The van der Waals surface area contributed by atoms with Crippen LogP contribution in [0.25, 0.3) is 0 Å². The molecule has 0 aromatic heterocycles. The van der Waals surface area contributed by atoms with Crippen LogP contribution in [0.15, 0.2) is 23.5 Å². The van der Waals surface area contributed by atoms with E-state index in [-0.39, 0.29) is 34.7 Å². The first-order valence-corrected chi connectivity index (χ1v) is 8.85. The molecule has 2 saturated heterocycles. The minimum Gasteiger partial charge on any atom is -0.486 e. The molecule has 0 aromatic rings. The van der Waals surface area contributed by atoms with Crippen molar-refractivity contribution in [1.82, 2.24) is 0 Å². The maximum absolute atomic E-state index is 12.9. The topological polar surface area (TPSA) is 89.9 Å². The summed E-state index contributed by atoms with van der Waals surface area (Å²) in [6.45, 7) is 5.41. The van der Waals surface area contributed by atoms with Crippen molar-refractivity contribution in [3.63, 3.8) is 0 Å². The lowest BCUT2D eigenvalue weighted by molar-refractivity contribution is -0.220. The van der Waals surface area contributed by atoms with Gasteiger partial charge < -0.3 is 14.6 Å². The monoisotopic (exact) mass is 346 g/mol. The highest BCUT2D eigenvalue weighted by molar-refractivity contribution is 6.20. The molecular weight excluding hydrogens is 324 g/mol. The van der Waals surface area contributed by atoms with Gasteiger partial charge in [0.1, 0.15) is 17.8 Å². The molecule has 0 amide bonds. The summed E-state index contributed by atoms with van der Waals surface area (Å²) < 4.78 is 11.6. The molecule has 5 aliphatic rings. The maximum Gasteiger partial charge on any atom is 0.346 e. The standard InChI is InChI=1S/C19H22O6/c1-8-6-9(2)14(21)13-17-19(25-18(13)23)7-10(3)16(24-17)15(22)11(19)4-5-12(8)20/h4-5,8-11,15-16,22H,6-7H2,1-3H3/b5-4+/t8-,9+,10+,11?,15+,16?,19+/m0/s1. The molecule has 7 atom stereocenters. The fourth-order valence-corrected chi connectivity index (χ4v) is 4.79. The summed E-state index contributed by atoms with van der Waals surface area (Å²) in [7, 11) is 0. The van der Waals surface area contributed by atoms with E-state index in [1.54, 1.807) is 19.9 Å². The van der Waals surface area contributed by atoms with Crippen molar-refractivity contribution >= 4 is 17.5 Å². The molecule has 0 aromatic carbocycles. The molecule has 5 bridgehead atoms. The minimum atomic E-state index is -1.18. The van der Waals surface area contributed by atoms with E-state index in [4.69, 9.17) is 9.47 Å². The van der Waals surface area contributed by atoms with Crippen molar-refractivity contribution in [3.8, 4) is 0 Å². The van der Waals surface area contributed by atoms with Gasteiger partial charge in [0.15, 0.2) is 22.9 Å². The van der Waals surface area contributed by atoms with E-state index in [1.807, 2.05) is 6.92 Å². The molecule has 3 aliphatic heterocycles. The first kappa shape index (κ1) is 16.5. The number of ketones is 2. The third-order valence-corrected chi connectivity index (χ3v) is 6.13. The van der Waals surface area contributed by atoms with Gasteiger partial charge in [-0.25, -0.2) is 4.79 Å². The Hall–Kier alpha value is -1.95. The number of rotatable bonds is 0. The number of ether oxygens (including phenoxy) is 2. The lowest BCUT2D eigenvalue weighted by Crippen LogP contribution is -2.63. The Morgan fingerprint density at radius 1 is 1.16 bits per heavy atom. The Bertz CT molecular complexity index is 734. The first-order valence-electron chi connectivity index (χ1n) is 8.85. The second kappa shape index (κ2) is 5.27. The molecule has 6 nitrogen and oxygen atoms in total. The molecule has 134 valence electrons. The van der Waals surface area contributed by atoms with Gasteiger partial charge in [-0.15, -0.1) is 0 Å². The predicted octanol–water partition coefficient (Wildman–Crippen LogP) is 1.32. The van der Waals surface area contributed by atoms with Crippen LogP contribution in [0.4, 0.5) is 0 Å². The summed E-state index contributed by atoms with van der Waals surface area (Å²) >= 11 is 0. The molecule has 6 heteroatoms. The number of aliphatic hydroxyl groups is 1. The minimum absolute atomic E-state index is 0.0252. The van der Waals surface area contributed by atoms with Gasteiger partial charge in [0.25, 0.3) is 0 Å². The van der Waals surface area contributed by atoms with E-state index in [0.717, 1.165) is 0 Å². The normalized spacial score (nSPS) is 47.3. The number of fused-ring (bicyclic) bond motifs is 1. The lowest BCUT2D eigenvalue weighted by Gasteiger charge is -2.54. The predicted molar refractivity (Wildman–Crippen MR) is 86.1 cm³/mol. The van der Waals surface area contributed by atoms with E-state index in [2.05, 4.69) is 0 Å². The third-order valence-electron chi connectivity index (χ3n) is 6.13. The number of esters is 1. The number of carbonyl (C=O) groups is 3. The molecule has 5 rings (SSSR count). The van der Waals surface area contributed by atoms with Gasteiger partial charge >= 0.3 is 5.97 Å². The Kier molecular flexibility index (Phi) is 3.48. The molecule has 25 heavy (non-hydrogen) atoms. The van der Waals surface area contributed by atoms with Crippen molar-refractivity contribution in [3.05, 3.63) is 23.5 Å². The second-order valence-electron chi connectivity index (χ2n) is 7.93. The van der Waals surface area contributed by atoms with E-state index < -0.39 is 35.6 Å². The van der Waals surface area contributed by atoms with Crippen LogP contribution in [0, 0.1) is 23.7 Å². The molecule has 3 heterocycles. The number of aliphatic hydroxyl groups excluding tert-OH is 1. The average molecular weight is 346 g/mol. The maximum atomic E-state index is 12.9. The summed E-state index contributed by atoms with van der Waals surface area (Å²) in [4.78, 5) is 37.8. The highest BCUT2D eigenvalue weighted by Gasteiger charge is 2.67. The van der Waals surface area contributed by atoms with Gasteiger partial charge in [0.05, 0.1) is 5.92 Å². The van der Waals surface area contributed by atoms with Gasteiger partial charge in [-0.1, -0.05) is 26.8 Å². The summed E-state index contributed by atoms with van der Waals surface area (Å²) in [5.41, 5.74) is -1.21. The molecule has 0 radical (unpaired) electrons. The Balaban J connectivity index is 1.93. The fraction of sp³-hybridized carbons (Fsp3) is 0.632. The van der Waals surface area contributed by atoms with Crippen LogP contribution in [-0.4, -0.2) is 40.5 Å². The van der Waals surface area contributed by atoms with E-state index >= 15 is 0 Å². The number of carbonyl (C=O) groups excluding carboxylic acids is 3. The van der Waals surface area contributed by atoms with Gasteiger partial charge in [-0.3, -0.25) is 9.59 Å². The van der Waals surface area contributed by atoms with Crippen LogP contribution in [-0.2, 0) is 23.9 Å². The number of hydrogen-bond acceptors (Lipinski definition) is 6. The van der Waals surface area contributed by atoms with Crippen molar-refractivity contribution in [2.75, 3.05) is 0 Å². The Labute approximate surface area is 145 Å². The van der Waals surface area contributed by atoms with Crippen molar-refractivity contribution in [2.45, 2.75) is 51.4 Å².